The van der Waals surface area contributed by atoms with Gasteiger partial charge in [0, 0.05) is 22.7 Å². The second kappa shape index (κ2) is 7.82. The van der Waals surface area contributed by atoms with Crippen LogP contribution in [0, 0.1) is 0 Å². The fourth-order valence-corrected chi connectivity index (χ4v) is 3.74. The van der Waals surface area contributed by atoms with Gasteiger partial charge in [-0.1, -0.05) is 48.0 Å². The zero-order valence-electron chi connectivity index (χ0n) is 14.2. The molecule has 4 aromatic rings. The number of carbonyl (C=O) groups is 1. The molecule has 1 N–H and O–H groups in total. The summed E-state index contributed by atoms with van der Waals surface area (Å²) in [5, 5.41) is 8.17. The van der Waals surface area contributed by atoms with Crippen LogP contribution in [-0.2, 0) is 5.75 Å². The summed E-state index contributed by atoms with van der Waals surface area (Å²) in [6.07, 6.45) is 4.16. The van der Waals surface area contributed by atoms with E-state index in [0.29, 0.717) is 22.1 Å². The molecular formula is C20H15ClN4OS. The third-order valence-corrected chi connectivity index (χ3v) is 5.26. The zero-order chi connectivity index (χ0) is 18.6. The molecule has 27 heavy (non-hydrogen) atoms. The zero-order valence-corrected chi connectivity index (χ0v) is 15.7. The lowest BCUT2D eigenvalue weighted by Gasteiger charge is -2.12. The molecule has 0 radical (unpaired) electrons. The monoisotopic (exact) mass is 394 g/mol. The fraction of sp³-hybridized carbons (Fsp3) is 0.0500. The van der Waals surface area contributed by atoms with E-state index in [9.17, 15) is 4.79 Å². The Kier molecular flexibility index (Phi) is 5.09. The van der Waals surface area contributed by atoms with E-state index in [2.05, 4.69) is 27.5 Å². The molecule has 0 spiro atoms. The molecule has 134 valence electrons. The van der Waals surface area contributed by atoms with Gasteiger partial charge in [0.2, 0.25) is 0 Å². The van der Waals surface area contributed by atoms with Gasteiger partial charge in [0.15, 0.2) is 11.9 Å². The van der Waals surface area contributed by atoms with Gasteiger partial charge in [-0.05, 0) is 23.8 Å². The van der Waals surface area contributed by atoms with Crippen molar-refractivity contribution in [3.63, 3.8) is 0 Å². The topological polar surface area (TPSA) is 59.3 Å². The molecule has 2 aromatic heterocycles. The van der Waals surface area contributed by atoms with Crippen LogP contribution in [-0.4, -0.2) is 20.9 Å². The number of aromatic nitrogens is 3. The maximum atomic E-state index is 11.3. The van der Waals surface area contributed by atoms with Crippen LogP contribution in [0.25, 0.3) is 5.65 Å². The van der Waals surface area contributed by atoms with Crippen molar-refractivity contribution in [1.29, 1.82) is 0 Å². The first-order valence-electron chi connectivity index (χ1n) is 8.26. The van der Waals surface area contributed by atoms with Gasteiger partial charge in [0.1, 0.15) is 5.82 Å². The van der Waals surface area contributed by atoms with Gasteiger partial charge in [0.05, 0.1) is 16.7 Å². The first kappa shape index (κ1) is 17.6. The molecule has 0 fully saturated rings. The SMILES string of the molecule is O=Cc1cnn2cc(SCc3ccccc3)c(Nc3cccc(Cl)c3)nc12. The van der Waals surface area contributed by atoms with Crippen molar-refractivity contribution in [3.05, 3.63) is 83.1 Å². The molecule has 4 rings (SSSR count). The third-order valence-electron chi connectivity index (χ3n) is 3.94. The maximum absolute atomic E-state index is 11.3. The third kappa shape index (κ3) is 3.97. The minimum absolute atomic E-state index is 0.448. The first-order chi connectivity index (χ1) is 13.2. The Bertz CT molecular complexity index is 1100. The van der Waals surface area contributed by atoms with Gasteiger partial charge in [0.25, 0.3) is 0 Å². The van der Waals surface area contributed by atoms with E-state index in [1.165, 1.54) is 11.8 Å². The summed E-state index contributed by atoms with van der Waals surface area (Å²) in [6, 6.07) is 17.6. The van der Waals surface area contributed by atoms with E-state index in [-0.39, 0.29) is 0 Å². The van der Waals surface area contributed by atoms with Gasteiger partial charge in [-0.2, -0.15) is 5.10 Å². The van der Waals surface area contributed by atoms with Gasteiger partial charge in [-0.3, -0.25) is 4.79 Å². The number of carbonyl (C=O) groups excluding carboxylic acids is 1. The second-order valence-corrected chi connectivity index (χ2v) is 7.30. The van der Waals surface area contributed by atoms with Crippen molar-refractivity contribution in [2.45, 2.75) is 10.6 Å². The molecule has 0 amide bonds. The second-order valence-electron chi connectivity index (χ2n) is 5.85. The van der Waals surface area contributed by atoms with Gasteiger partial charge >= 0.3 is 0 Å². The number of rotatable bonds is 6. The fourth-order valence-electron chi connectivity index (χ4n) is 2.63. The lowest BCUT2D eigenvalue weighted by molar-refractivity contribution is 0.112. The number of nitrogens with zero attached hydrogens (tertiary/aromatic N) is 3. The number of benzene rings is 2. The Morgan fingerprint density at radius 2 is 2.00 bits per heavy atom. The molecule has 5 nitrogen and oxygen atoms in total. The van der Waals surface area contributed by atoms with Crippen molar-refractivity contribution in [3.8, 4) is 0 Å². The van der Waals surface area contributed by atoms with Crippen LogP contribution in [0.2, 0.25) is 5.02 Å². The highest BCUT2D eigenvalue weighted by molar-refractivity contribution is 7.98. The van der Waals surface area contributed by atoms with E-state index < -0.39 is 0 Å². The number of nitrogens with one attached hydrogen (secondary N) is 1. The minimum Gasteiger partial charge on any atom is -0.339 e. The van der Waals surface area contributed by atoms with Crippen LogP contribution >= 0.6 is 23.4 Å². The van der Waals surface area contributed by atoms with E-state index in [0.717, 1.165) is 22.6 Å². The Balaban J connectivity index is 1.71. The summed E-state index contributed by atoms with van der Waals surface area (Å²) >= 11 is 7.74. The van der Waals surface area contributed by atoms with E-state index in [1.54, 1.807) is 16.3 Å². The van der Waals surface area contributed by atoms with Crippen molar-refractivity contribution >= 4 is 46.8 Å². The summed E-state index contributed by atoms with van der Waals surface area (Å²) in [6.45, 7) is 0. The van der Waals surface area contributed by atoms with Crippen LogP contribution in [0.15, 0.2) is 71.9 Å². The molecule has 0 aliphatic heterocycles. The molecule has 0 bridgehead atoms. The Morgan fingerprint density at radius 1 is 1.15 bits per heavy atom. The number of fused-ring (bicyclic) bond motifs is 1. The van der Waals surface area contributed by atoms with Crippen molar-refractivity contribution in [2.24, 2.45) is 0 Å². The van der Waals surface area contributed by atoms with E-state index in [1.807, 2.05) is 48.7 Å². The molecule has 0 unspecified atom stereocenters. The molecule has 0 saturated carbocycles. The standard InChI is InChI=1S/C20H15ClN4OS/c21-16-7-4-8-17(9-16)23-19-18(27-13-14-5-2-1-3-6-14)11-25-20(24-19)15(12-26)10-22-25/h1-12H,13H2,(H,23,24). The molecule has 2 heterocycles. The lowest BCUT2D eigenvalue weighted by atomic mass is 10.2. The smallest absolute Gasteiger partial charge is 0.167 e. The van der Waals surface area contributed by atoms with Crippen LogP contribution < -0.4 is 5.32 Å². The van der Waals surface area contributed by atoms with E-state index >= 15 is 0 Å². The maximum Gasteiger partial charge on any atom is 0.167 e. The summed E-state index contributed by atoms with van der Waals surface area (Å²) in [4.78, 5) is 16.8. The highest BCUT2D eigenvalue weighted by Gasteiger charge is 2.13. The number of thioether (sulfide) groups is 1. The van der Waals surface area contributed by atoms with Gasteiger partial charge in [-0.25, -0.2) is 9.50 Å². The highest BCUT2D eigenvalue weighted by Crippen LogP contribution is 2.32. The first-order valence-corrected chi connectivity index (χ1v) is 9.62. The molecule has 0 saturated heterocycles. The number of anilines is 2. The number of hydrogen-bond acceptors (Lipinski definition) is 5. The summed E-state index contributed by atoms with van der Waals surface area (Å²) in [5.41, 5.74) is 3.00. The van der Waals surface area contributed by atoms with Crippen molar-refractivity contribution in [2.75, 3.05) is 5.32 Å². The van der Waals surface area contributed by atoms with Gasteiger partial charge in [-0.15, -0.1) is 11.8 Å². The predicted molar refractivity (Wildman–Crippen MR) is 109 cm³/mol. The Hall–Kier alpha value is -2.83. The predicted octanol–water partition coefficient (Wildman–Crippen LogP) is 5.23. The van der Waals surface area contributed by atoms with E-state index in [4.69, 9.17) is 11.6 Å². The molecule has 0 atom stereocenters. The lowest BCUT2D eigenvalue weighted by Crippen LogP contribution is -2.01. The summed E-state index contributed by atoms with van der Waals surface area (Å²) in [7, 11) is 0. The molecule has 0 aliphatic rings. The molecule has 2 aromatic carbocycles. The Morgan fingerprint density at radius 3 is 2.78 bits per heavy atom. The number of halogens is 1. The average Bonchev–Trinajstić information content (AvgIpc) is 3.09. The van der Waals surface area contributed by atoms with Crippen LogP contribution in [0.1, 0.15) is 15.9 Å². The number of hydrogen-bond donors (Lipinski definition) is 1. The van der Waals surface area contributed by atoms with Crippen LogP contribution in [0.3, 0.4) is 0 Å². The molecule has 0 aliphatic carbocycles. The highest BCUT2D eigenvalue weighted by atomic mass is 35.5. The molecular weight excluding hydrogens is 380 g/mol. The average molecular weight is 395 g/mol. The Labute approximate surface area is 165 Å². The number of aldehydes is 1. The largest absolute Gasteiger partial charge is 0.339 e. The summed E-state index contributed by atoms with van der Waals surface area (Å²) in [5.74, 6) is 1.45. The van der Waals surface area contributed by atoms with Crippen molar-refractivity contribution < 1.29 is 4.79 Å². The quantitative estimate of drug-likeness (QED) is 0.358. The van der Waals surface area contributed by atoms with Crippen molar-refractivity contribution in [1.82, 2.24) is 14.6 Å². The molecule has 7 heteroatoms. The summed E-state index contributed by atoms with van der Waals surface area (Å²) < 4.78 is 1.63. The van der Waals surface area contributed by atoms with Crippen LogP contribution in [0.5, 0.6) is 0 Å². The van der Waals surface area contributed by atoms with Crippen LogP contribution in [0.4, 0.5) is 11.5 Å². The van der Waals surface area contributed by atoms with Gasteiger partial charge < -0.3 is 5.32 Å². The normalized spacial score (nSPS) is 10.9. The minimum atomic E-state index is 0.448.